The Morgan fingerprint density at radius 1 is 0.861 bits per heavy atom. The van der Waals surface area contributed by atoms with Crippen molar-refractivity contribution in [3.8, 4) is 0 Å². The lowest BCUT2D eigenvalue weighted by Crippen LogP contribution is -2.38. The highest BCUT2D eigenvalue weighted by Crippen LogP contribution is 2.32. The molecule has 186 valence electrons. The maximum atomic E-state index is 6.29. The van der Waals surface area contributed by atoms with Crippen molar-refractivity contribution in [2.24, 2.45) is 0 Å². The highest BCUT2D eigenvalue weighted by molar-refractivity contribution is 6.36. The molecule has 2 saturated heterocycles. The molecule has 0 unspecified atom stereocenters. The van der Waals surface area contributed by atoms with Crippen molar-refractivity contribution < 1.29 is 9.47 Å². The second-order valence-corrected chi connectivity index (χ2v) is 9.22. The Labute approximate surface area is 214 Å². The Morgan fingerprint density at radius 3 is 2.25 bits per heavy atom. The van der Waals surface area contributed by atoms with E-state index in [4.69, 9.17) is 26.1 Å². The fourth-order valence-electron chi connectivity index (χ4n) is 4.66. The molecule has 0 spiro atoms. The van der Waals surface area contributed by atoms with E-state index in [9.17, 15) is 0 Å². The largest absolute Gasteiger partial charge is 0.378 e. The number of rotatable bonds is 6. The fraction of sp³-hybridized carbons (Fsp3) is 0.308. The second-order valence-electron chi connectivity index (χ2n) is 8.82. The van der Waals surface area contributed by atoms with Gasteiger partial charge in [0.05, 0.1) is 42.7 Å². The summed E-state index contributed by atoms with van der Waals surface area (Å²) in [7, 11) is 0. The van der Waals surface area contributed by atoms with Gasteiger partial charge in [-0.2, -0.15) is 4.98 Å². The number of aromatic amines is 1. The number of nitrogens with zero attached hydrogens (tertiary/aromatic N) is 4. The normalized spacial score (nSPS) is 16.4. The minimum atomic E-state index is 0.517. The fourth-order valence-corrected chi connectivity index (χ4v) is 4.87. The smallest absolute Gasteiger partial charge is 0.229 e. The number of fused-ring (bicyclic) bond motifs is 1. The van der Waals surface area contributed by atoms with Gasteiger partial charge in [0.25, 0.3) is 0 Å². The van der Waals surface area contributed by atoms with E-state index in [-0.39, 0.29) is 0 Å². The number of ether oxygens (including phenoxy) is 2. The maximum absolute atomic E-state index is 6.29. The Hall–Kier alpha value is -3.53. The first-order valence-corrected chi connectivity index (χ1v) is 12.5. The molecule has 3 N–H and O–H groups in total. The summed E-state index contributed by atoms with van der Waals surface area (Å²) >= 11 is 6.29. The maximum Gasteiger partial charge on any atom is 0.229 e. The average molecular weight is 506 g/mol. The number of anilines is 6. The summed E-state index contributed by atoms with van der Waals surface area (Å²) < 4.78 is 11.1. The molecular formula is C26H28ClN7O2. The van der Waals surface area contributed by atoms with E-state index in [2.05, 4.69) is 48.6 Å². The summed E-state index contributed by atoms with van der Waals surface area (Å²) in [6.45, 7) is 6.43. The number of nitrogens with one attached hydrogen (secondary N) is 3. The van der Waals surface area contributed by atoms with E-state index in [1.54, 1.807) is 12.4 Å². The number of hydrogen-bond donors (Lipinski definition) is 3. The molecule has 2 aromatic carbocycles. The average Bonchev–Trinajstić information content (AvgIpc) is 3.31. The van der Waals surface area contributed by atoms with Gasteiger partial charge in [0.15, 0.2) is 0 Å². The first-order valence-electron chi connectivity index (χ1n) is 12.2. The molecule has 4 heterocycles. The summed E-state index contributed by atoms with van der Waals surface area (Å²) in [6, 6.07) is 14.3. The van der Waals surface area contributed by atoms with Crippen molar-refractivity contribution in [3.05, 3.63) is 59.9 Å². The first-order chi connectivity index (χ1) is 17.7. The molecule has 6 rings (SSSR count). The van der Waals surface area contributed by atoms with Crippen molar-refractivity contribution in [1.82, 2.24) is 15.0 Å². The quantitative estimate of drug-likeness (QED) is 0.345. The van der Waals surface area contributed by atoms with Gasteiger partial charge in [0.2, 0.25) is 5.95 Å². The molecule has 2 aliphatic heterocycles. The van der Waals surface area contributed by atoms with E-state index in [1.165, 1.54) is 0 Å². The van der Waals surface area contributed by atoms with Gasteiger partial charge in [-0.1, -0.05) is 23.7 Å². The molecule has 2 fully saturated rings. The highest BCUT2D eigenvalue weighted by Gasteiger charge is 2.17. The predicted octanol–water partition coefficient (Wildman–Crippen LogP) is 4.77. The predicted molar refractivity (Wildman–Crippen MR) is 144 cm³/mol. The summed E-state index contributed by atoms with van der Waals surface area (Å²) in [4.78, 5) is 17.1. The molecule has 0 atom stereocenters. The molecule has 2 aromatic heterocycles. The van der Waals surface area contributed by atoms with E-state index in [0.29, 0.717) is 16.8 Å². The van der Waals surface area contributed by atoms with Crippen LogP contribution in [0, 0.1) is 0 Å². The van der Waals surface area contributed by atoms with Crippen molar-refractivity contribution in [2.45, 2.75) is 0 Å². The Kier molecular flexibility index (Phi) is 6.50. The monoisotopic (exact) mass is 505 g/mol. The third-order valence-corrected chi connectivity index (χ3v) is 6.81. The molecule has 9 nitrogen and oxygen atoms in total. The molecule has 0 bridgehead atoms. The Bertz CT molecular complexity index is 1310. The van der Waals surface area contributed by atoms with Crippen LogP contribution in [0.3, 0.4) is 0 Å². The summed E-state index contributed by atoms with van der Waals surface area (Å²) in [5.41, 5.74) is 5.09. The van der Waals surface area contributed by atoms with Crippen LogP contribution in [0.2, 0.25) is 5.02 Å². The van der Waals surface area contributed by atoms with Crippen LogP contribution in [0.15, 0.2) is 54.9 Å². The van der Waals surface area contributed by atoms with Gasteiger partial charge in [-0.3, -0.25) is 0 Å². The van der Waals surface area contributed by atoms with E-state index < -0.39 is 0 Å². The van der Waals surface area contributed by atoms with Crippen LogP contribution in [0.5, 0.6) is 0 Å². The summed E-state index contributed by atoms with van der Waals surface area (Å²) in [5.74, 6) is 1.20. The standard InChI is InChI=1S/C26H28ClN7O2/c27-22-17-29-25-21(22)2-1-3-23(25)31-24-4-5-28-26(32-24)30-18-14-19(33-6-10-35-11-7-33)16-20(15-18)34-8-12-36-13-9-34/h1-5,14-17,29H,6-13H2,(H2,28,30,31,32). The van der Waals surface area contributed by atoms with Crippen LogP contribution in [-0.2, 0) is 9.47 Å². The number of para-hydroxylation sites is 1. The Morgan fingerprint density at radius 2 is 1.56 bits per heavy atom. The topological polar surface area (TPSA) is 90.6 Å². The summed E-state index contributed by atoms with van der Waals surface area (Å²) in [5, 5.41) is 8.46. The number of hydrogen-bond acceptors (Lipinski definition) is 8. The van der Waals surface area contributed by atoms with Crippen molar-refractivity contribution in [2.75, 3.05) is 73.0 Å². The zero-order chi connectivity index (χ0) is 24.3. The molecule has 10 heteroatoms. The number of aromatic nitrogens is 3. The van der Waals surface area contributed by atoms with Crippen molar-refractivity contribution in [3.63, 3.8) is 0 Å². The molecule has 0 saturated carbocycles. The van der Waals surface area contributed by atoms with Crippen LogP contribution in [0.1, 0.15) is 0 Å². The molecule has 0 amide bonds. The highest BCUT2D eigenvalue weighted by atomic mass is 35.5. The van der Waals surface area contributed by atoms with Crippen molar-refractivity contribution in [1.29, 1.82) is 0 Å². The number of morpholine rings is 2. The SMILES string of the molecule is Clc1c[nH]c2c(Nc3ccnc(Nc4cc(N5CCOCC5)cc(N5CCOCC5)c4)n3)cccc12. The molecule has 0 aliphatic carbocycles. The van der Waals surface area contributed by atoms with E-state index in [1.807, 2.05) is 24.3 Å². The van der Waals surface area contributed by atoms with Crippen LogP contribution < -0.4 is 20.4 Å². The van der Waals surface area contributed by atoms with Crippen molar-refractivity contribution >= 4 is 57.0 Å². The lowest BCUT2D eigenvalue weighted by Gasteiger charge is -2.33. The first kappa shape index (κ1) is 22.9. The lowest BCUT2D eigenvalue weighted by atomic mass is 10.2. The van der Waals surface area contributed by atoms with E-state index in [0.717, 1.165) is 86.3 Å². The van der Waals surface area contributed by atoms with Crippen LogP contribution in [-0.4, -0.2) is 67.6 Å². The zero-order valence-electron chi connectivity index (χ0n) is 19.8. The molecule has 0 radical (unpaired) electrons. The van der Waals surface area contributed by atoms with Gasteiger partial charge < -0.3 is 34.9 Å². The van der Waals surface area contributed by atoms with Gasteiger partial charge in [0, 0.05) is 61.0 Å². The minimum absolute atomic E-state index is 0.517. The van der Waals surface area contributed by atoms with Crippen LogP contribution >= 0.6 is 11.6 Å². The third kappa shape index (κ3) is 4.90. The van der Waals surface area contributed by atoms with Gasteiger partial charge in [-0.05, 0) is 30.3 Å². The lowest BCUT2D eigenvalue weighted by molar-refractivity contribution is 0.122. The number of H-pyrrole nitrogens is 1. The number of benzene rings is 2. The van der Waals surface area contributed by atoms with Gasteiger partial charge in [-0.15, -0.1) is 0 Å². The Balaban J connectivity index is 1.27. The summed E-state index contributed by atoms with van der Waals surface area (Å²) in [6.07, 6.45) is 3.53. The van der Waals surface area contributed by atoms with Crippen LogP contribution in [0.25, 0.3) is 10.9 Å². The van der Waals surface area contributed by atoms with Crippen LogP contribution in [0.4, 0.5) is 34.5 Å². The molecule has 36 heavy (non-hydrogen) atoms. The zero-order valence-corrected chi connectivity index (χ0v) is 20.6. The molecule has 2 aliphatic rings. The minimum Gasteiger partial charge on any atom is -0.378 e. The van der Waals surface area contributed by atoms with Gasteiger partial charge in [0.1, 0.15) is 5.82 Å². The van der Waals surface area contributed by atoms with Gasteiger partial charge >= 0.3 is 0 Å². The second kappa shape index (κ2) is 10.2. The third-order valence-electron chi connectivity index (χ3n) is 6.49. The van der Waals surface area contributed by atoms with E-state index >= 15 is 0 Å². The van der Waals surface area contributed by atoms with Gasteiger partial charge in [-0.25, -0.2) is 4.98 Å². The number of halogens is 1. The molecular weight excluding hydrogens is 478 g/mol. The molecule has 4 aromatic rings.